The molecule has 35 heavy (non-hydrogen) atoms. The van der Waals surface area contributed by atoms with Crippen molar-refractivity contribution in [2.24, 2.45) is 0 Å². The smallest absolute Gasteiger partial charge is 0.338 e. The molecule has 0 saturated carbocycles. The van der Waals surface area contributed by atoms with Gasteiger partial charge in [-0.1, -0.05) is 36.8 Å². The van der Waals surface area contributed by atoms with E-state index >= 15 is 0 Å². The Balaban J connectivity index is 1.48. The molecule has 8 nitrogen and oxygen atoms in total. The second-order valence-corrected chi connectivity index (χ2v) is 8.04. The third-order valence-electron chi connectivity index (χ3n) is 5.62. The molecule has 0 spiro atoms. The number of amides is 1. The zero-order valence-electron chi connectivity index (χ0n) is 20.0. The van der Waals surface area contributed by atoms with E-state index in [1.807, 2.05) is 31.2 Å². The number of rotatable bonds is 8. The summed E-state index contributed by atoms with van der Waals surface area (Å²) in [7, 11) is 3.04. The van der Waals surface area contributed by atoms with E-state index in [1.165, 1.54) is 7.11 Å². The van der Waals surface area contributed by atoms with Crippen LogP contribution >= 0.6 is 0 Å². The molecular formula is C27H27N3O5. The predicted octanol–water partition coefficient (Wildman–Crippen LogP) is 5.13. The predicted molar refractivity (Wildman–Crippen MR) is 134 cm³/mol. The molecule has 0 bridgehead atoms. The zero-order valence-corrected chi connectivity index (χ0v) is 20.0. The fourth-order valence-corrected chi connectivity index (χ4v) is 3.62. The lowest BCUT2D eigenvalue weighted by molar-refractivity contribution is -0.124. The number of aromatic amines is 1. The quantitative estimate of drug-likeness (QED) is 0.344. The summed E-state index contributed by atoms with van der Waals surface area (Å²) < 4.78 is 16.0. The lowest BCUT2D eigenvalue weighted by Gasteiger charge is -2.17. The van der Waals surface area contributed by atoms with Crippen molar-refractivity contribution in [2.45, 2.75) is 26.4 Å². The highest BCUT2D eigenvalue weighted by Crippen LogP contribution is 2.29. The van der Waals surface area contributed by atoms with E-state index in [2.05, 4.69) is 15.3 Å². The van der Waals surface area contributed by atoms with Crippen molar-refractivity contribution in [3.63, 3.8) is 0 Å². The maximum atomic E-state index is 12.9. The van der Waals surface area contributed by atoms with Crippen LogP contribution in [0.15, 0.2) is 60.7 Å². The molecule has 8 heteroatoms. The average molecular weight is 474 g/mol. The number of aryl methyl sites for hydroxylation is 1. The Morgan fingerprint density at radius 2 is 1.77 bits per heavy atom. The molecule has 3 aromatic carbocycles. The molecule has 2 N–H and O–H groups in total. The van der Waals surface area contributed by atoms with Crippen molar-refractivity contribution < 1.29 is 23.8 Å². The molecule has 1 aromatic heterocycles. The number of fused-ring (bicyclic) bond motifs is 1. The van der Waals surface area contributed by atoms with Gasteiger partial charge in [0.1, 0.15) is 17.3 Å². The summed E-state index contributed by atoms with van der Waals surface area (Å²) in [6.07, 6.45) is -0.671. The molecule has 0 aliphatic heterocycles. The molecule has 180 valence electrons. The van der Waals surface area contributed by atoms with Gasteiger partial charge in [0.2, 0.25) is 0 Å². The average Bonchev–Trinajstić information content (AvgIpc) is 3.31. The summed E-state index contributed by atoms with van der Waals surface area (Å²) >= 11 is 0. The van der Waals surface area contributed by atoms with Gasteiger partial charge in [-0.3, -0.25) is 4.79 Å². The van der Waals surface area contributed by atoms with Gasteiger partial charge in [-0.2, -0.15) is 0 Å². The molecule has 4 aromatic rings. The van der Waals surface area contributed by atoms with E-state index in [9.17, 15) is 9.59 Å². The Morgan fingerprint density at radius 3 is 2.46 bits per heavy atom. The van der Waals surface area contributed by atoms with Gasteiger partial charge in [0.25, 0.3) is 5.91 Å². The minimum Gasteiger partial charge on any atom is -0.497 e. The van der Waals surface area contributed by atoms with Crippen molar-refractivity contribution in [2.75, 3.05) is 19.5 Å². The van der Waals surface area contributed by atoms with Crippen LogP contribution in [-0.4, -0.2) is 42.2 Å². The molecular weight excluding hydrogens is 446 g/mol. The summed E-state index contributed by atoms with van der Waals surface area (Å²) in [6, 6.07) is 18.1. The lowest BCUT2D eigenvalue weighted by atomic mass is 10.1. The molecule has 0 radical (unpaired) electrons. The van der Waals surface area contributed by atoms with Crippen LogP contribution in [0.3, 0.4) is 0 Å². The van der Waals surface area contributed by atoms with Gasteiger partial charge in [0.05, 0.1) is 36.5 Å². The number of nitrogens with zero attached hydrogens (tertiary/aromatic N) is 1. The number of ether oxygens (including phenoxy) is 3. The number of carbonyl (C=O) groups is 2. The van der Waals surface area contributed by atoms with Crippen LogP contribution in [0.2, 0.25) is 0 Å². The van der Waals surface area contributed by atoms with Gasteiger partial charge in [-0.25, -0.2) is 9.78 Å². The van der Waals surface area contributed by atoms with E-state index in [0.717, 1.165) is 16.6 Å². The number of anilines is 1. The number of nitrogens with one attached hydrogen (secondary N) is 2. The number of imidazole rings is 1. The molecule has 1 unspecified atom stereocenters. The molecule has 1 amide bonds. The van der Waals surface area contributed by atoms with E-state index in [4.69, 9.17) is 14.2 Å². The highest BCUT2D eigenvalue weighted by atomic mass is 16.5. The van der Waals surface area contributed by atoms with Gasteiger partial charge in [-0.05, 0) is 43.7 Å². The van der Waals surface area contributed by atoms with Crippen LogP contribution < -0.4 is 14.8 Å². The van der Waals surface area contributed by atoms with Crippen molar-refractivity contribution in [1.82, 2.24) is 9.97 Å². The summed E-state index contributed by atoms with van der Waals surface area (Å²) in [6.45, 7) is 3.80. The Bertz CT molecular complexity index is 1360. The van der Waals surface area contributed by atoms with Crippen molar-refractivity contribution >= 4 is 28.6 Å². The van der Waals surface area contributed by atoms with Crippen LogP contribution in [0.5, 0.6) is 11.5 Å². The van der Waals surface area contributed by atoms with Gasteiger partial charge in [0.15, 0.2) is 6.10 Å². The number of hydrogen-bond acceptors (Lipinski definition) is 6. The fraction of sp³-hybridized carbons (Fsp3) is 0.222. The van der Waals surface area contributed by atoms with Crippen molar-refractivity contribution in [1.29, 1.82) is 0 Å². The first kappa shape index (κ1) is 23.8. The third kappa shape index (κ3) is 5.27. The summed E-state index contributed by atoms with van der Waals surface area (Å²) in [4.78, 5) is 33.5. The topological polar surface area (TPSA) is 103 Å². The van der Waals surface area contributed by atoms with Crippen LogP contribution in [0.1, 0.15) is 29.3 Å². The molecule has 1 atom stereocenters. The largest absolute Gasteiger partial charge is 0.497 e. The van der Waals surface area contributed by atoms with Crippen LogP contribution in [-0.2, 0) is 9.53 Å². The highest BCUT2D eigenvalue weighted by molar-refractivity contribution is 5.99. The Kier molecular flexibility index (Phi) is 7.01. The molecule has 0 aliphatic rings. The second kappa shape index (κ2) is 10.3. The number of aromatic nitrogens is 2. The standard InChI is InChI=1S/C27H27N3O5/c1-5-23(26(31)30-21-13-11-19(33-3)15-24(21)34-4)35-27(32)18-10-12-20-22(14-18)29-25(28-20)17-8-6-16(2)7-9-17/h6-15,23H,5H2,1-4H3,(H,28,29)(H,30,31). The maximum absolute atomic E-state index is 12.9. The summed E-state index contributed by atoms with van der Waals surface area (Å²) in [5.74, 6) is 0.700. The molecule has 0 saturated heterocycles. The third-order valence-corrected chi connectivity index (χ3v) is 5.62. The van der Waals surface area contributed by atoms with Crippen LogP contribution in [0, 0.1) is 6.92 Å². The normalized spacial score (nSPS) is 11.7. The minimum absolute atomic E-state index is 0.305. The van der Waals surface area contributed by atoms with E-state index in [1.54, 1.807) is 50.4 Å². The van der Waals surface area contributed by atoms with Gasteiger partial charge in [-0.15, -0.1) is 0 Å². The second-order valence-electron chi connectivity index (χ2n) is 8.04. The van der Waals surface area contributed by atoms with E-state index in [-0.39, 0.29) is 0 Å². The zero-order chi connectivity index (χ0) is 24.9. The number of carbonyl (C=O) groups excluding carboxylic acids is 2. The number of H-pyrrole nitrogens is 1. The molecule has 0 fully saturated rings. The first-order valence-electron chi connectivity index (χ1n) is 11.2. The van der Waals surface area contributed by atoms with Crippen molar-refractivity contribution in [3.8, 4) is 22.9 Å². The van der Waals surface area contributed by atoms with Gasteiger partial charge in [0, 0.05) is 11.6 Å². The monoisotopic (exact) mass is 473 g/mol. The van der Waals surface area contributed by atoms with Gasteiger partial charge < -0.3 is 24.5 Å². The van der Waals surface area contributed by atoms with E-state index in [0.29, 0.717) is 40.5 Å². The van der Waals surface area contributed by atoms with E-state index < -0.39 is 18.0 Å². The van der Waals surface area contributed by atoms with Gasteiger partial charge >= 0.3 is 5.97 Å². The van der Waals surface area contributed by atoms with Crippen LogP contribution in [0.4, 0.5) is 5.69 Å². The summed E-state index contributed by atoms with van der Waals surface area (Å²) in [5, 5.41) is 2.76. The lowest BCUT2D eigenvalue weighted by Crippen LogP contribution is -2.32. The molecule has 0 aliphatic carbocycles. The molecule has 1 heterocycles. The van der Waals surface area contributed by atoms with Crippen molar-refractivity contribution in [3.05, 3.63) is 71.8 Å². The Morgan fingerprint density at radius 1 is 1.00 bits per heavy atom. The summed E-state index contributed by atoms with van der Waals surface area (Å²) in [5.41, 5.74) is 4.33. The number of methoxy groups -OCH3 is 2. The number of hydrogen-bond donors (Lipinski definition) is 2. The first-order valence-corrected chi connectivity index (χ1v) is 11.2. The maximum Gasteiger partial charge on any atom is 0.338 e. The first-order chi connectivity index (χ1) is 16.9. The fourth-order valence-electron chi connectivity index (χ4n) is 3.62. The Hall–Kier alpha value is -4.33. The minimum atomic E-state index is -0.977. The van der Waals surface area contributed by atoms with Crippen LogP contribution in [0.25, 0.3) is 22.4 Å². The Labute approximate surface area is 203 Å². The molecule has 4 rings (SSSR count). The number of benzene rings is 3. The SMILES string of the molecule is CCC(OC(=O)c1ccc2nc(-c3ccc(C)cc3)[nH]c2c1)C(=O)Nc1ccc(OC)cc1OC. The highest BCUT2D eigenvalue weighted by Gasteiger charge is 2.23. The number of esters is 1.